The molecular weight excluding hydrogens is 400 g/mol. The van der Waals surface area contributed by atoms with Crippen molar-refractivity contribution in [3.05, 3.63) is 74.7 Å². The van der Waals surface area contributed by atoms with Crippen LogP contribution in [0.3, 0.4) is 0 Å². The number of ether oxygens (including phenoxy) is 1. The molecule has 0 bridgehead atoms. The van der Waals surface area contributed by atoms with Crippen LogP contribution in [0, 0.1) is 0 Å². The van der Waals surface area contributed by atoms with E-state index in [0.717, 1.165) is 12.1 Å². The van der Waals surface area contributed by atoms with Gasteiger partial charge < -0.3 is 4.74 Å². The maximum atomic E-state index is 13.3. The average molecular weight is 410 g/mol. The summed E-state index contributed by atoms with van der Waals surface area (Å²) in [5, 5.41) is -0.380. The third-order valence-electron chi connectivity index (χ3n) is 3.09. The van der Waals surface area contributed by atoms with Gasteiger partial charge in [0, 0.05) is 6.08 Å². The lowest BCUT2D eigenvalue weighted by atomic mass is 10.1. The van der Waals surface area contributed by atoms with Crippen LogP contribution in [0.15, 0.2) is 48.5 Å². The van der Waals surface area contributed by atoms with Crippen LogP contribution in [0.25, 0.3) is 5.57 Å². The first kappa shape index (κ1) is 19.6. The Kier molecular flexibility index (Phi) is 6.38. The molecule has 0 spiro atoms. The molecule has 2 aromatic rings. The Morgan fingerprint density at radius 1 is 1.04 bits per heavy atom. The highest BCUT2D eigenvalue weighted by atomic mass is 35.5. The van der Waals surface area contributed by atoms with Gasteiger partial charge in [0.05, 0.1) is 20.6 Å². The summed E-state index contributed by atoms with van der Waals surface area (Å²) in [6.45, 7) is -0.149. The molecule has 0 fully saturated rings. The number of allylic oxidation sites excluding steroid dienone is 1. The van der Waals surface area contributed by atoms with E-state index < -0.39 is 17.7 Å². The van der Waals surface area contributed by atoms with E-state index >= 15 is 0 Å². The Balaban J connectivity index is 2.28. The van der Waals surface area contributed by atoms with E-state index in [1.54, 1.807) is 30.3 Å². The number of halogens is 6. The quantitative estimate of drug-likeness (QED) is 0.335. The van der Waals surface area contributed by atoms with Crippen LogP contribution in [-0.4, -0.2) is 12.1 Å². The maximum Gasteiger partial charge on any atom is 0.417 e. The van der Waals surface area contributed by atoms with E-state index in [-0.39, 0.29) is 27.2 Å². The molecule has 2 aromatic carbocycles. The molecule has 0 atom stereocenters. The van der Waals surface area contributed by atoms with Gasteiger partial charge in [0.25, 0.3) is 0 Å². The van der Waals surface area contributed by atoms with Crippen molar-refractivity contribution in [3.63, 3.8) is 0 Å². The first-order chi connectivity index (χ1) is 11.7. The van der Waals surface area contributed by atoms with Gasteiger partial charge in [-0.3, -0.25) is 0 Å². The second-order valence-electron chi connectivity index (χ2n) is 4.90. The molecule has 0 aliphatic rings. The van der Waals surface area contributed by atoms with Crippen molar-refractivity contribution in [2.45, 2.75) is 12.8 Å². The molecule has 0 radical (unpaired) electrons. The average Bonchev–Trinajstić information content (AvgIpc) is 2.55. The highest BCUT2D eigenvalue weighted by Gasteiger charge is 2.36. The summed E-state index contributed by atoms with van der Waals surface area (Å²) in [4.78, 5) is 11.8. The standard InChI is InChI=1S/C17H10Cl3F3O2/c18-13-6-11(7-14(19)16(13)20)12(17(21,22)23)8-15(24)25-9-10-4-2-1-3-5-10/h1-8H,9H2. The lowest BCUT2D eigenvalue weighted by Crippen LogP contribution is -2.14. The van der Waals surface area contributed by atoms with Crippen LogP contribution < -0.4 is 0 Å². The number of rotatable bonds is 4. The van der Waals surface area contributed by atoms with Crippen molar-refractivity contribution in [2.24, 2.45) is 0 Å². The predicted octanol–water partition coefficient (Wildman–Crippen LogP) is 6.34. The van der Waals surface area contributed by atoms with Gasteiger partial charge >= 0.3 is 12.1 Å². The molecule has 2 nitrogen and oxygen atoms in total. The number of hydrogen-bond acceptors (Lipinski definition) is 2. The molecule has 132 valence electrons. The second kappa shape index (κ2) is 8.13. The summed E-state index contributed by atoms with van der Waals surface area (Å²) in [7, 11) is 0. The molecule has 0 aliphatic carbocycles. The van der Waals surface area contributed by atoms with Crippen molar-refractivity contribution >= 4 is 46.3 Å². The number of alkyl halides is 3. The Morgan fingerprint density at radius 2 is 1.60 bits per heavy atom. The van der Waals surface area contributed by atoms with E-state index in [4.69, 9.17) is 39.5 Å². The fraction of sp³-hybridized carbons (Fsp3) is 0.118. The Bertz CT molecular complexity index is 780. The molecule has 0 heterocycles. The minimum atomic E-state index is -4.81. The van der Waals surface area contributed by atoms with Crippen molar-refractivity contribution in [2.75, 3.05) is 0 Å². The fourth-order valence-corrected chi connectivity index (χ4v) is 2.52. The Hall–Kier alpha value is -1.69. The summed E-state index contributed by atoms with van der Waals surface area (Å²) in [5.74, 6) is -1.14. The smallest absolute Gasteiger partial charge is 0.417 e. The molecule has 0 saturated heterocycles. The second-order valence-corrected chi connectivity index (χ2v) is 6.10. The first-order valence-corrected chi connectivity index (χ1v) is 7.96. The lowest BCUT2D eigenvalue weighted by Gasteiger charge is -2.13. The normalized spacial score (nSPS) is 12.2. The Labute approximate surface area is 156 Å². The lowest BCUT2D eigenvalue weighted by molar-refractivity contribution is -0.139. The van der Waals surface area contributed by atoms with Crippen LogP contribution in [0.5, 0.6) is 0 Å². The summed E-state index contributed by atoms with van der Waals surface area (Å²) < 4.78 is 44.7. The molecule has 0 aromatic heterocycles. The number of carbonyl (C=O) groups excluding carboxylic acids is 1. The zero-order valence-corrected chi connectivity index (χ0v) is 14.7. The van der Waals surface area contributed by atoms with Gasteiger partial charge in [0.1, 0.15) is 6.61 Å². The minimum absolute atomic E-state index is 0.0692. The molecule has 8 heteroatoms. The molecule has 0 aliphatic heterocycles. The minimum Gasteiger partial charge on any atom is -0.458 e. The maximum absolute atomic E-state index is 13.3. The van der Waals surface area contributed by atoms with Crippen molar-refractivity contribution < 1.29 is 22.7 Å². The third kappa shape index (κ3) is 5.39. The summed E-state index contributed by atoms with van der Waals surface area (Å²) in [6.07, 6.45) is -4.45. The van der Waals surface area contributed by atoms with E-state index in [1.165, 1.54) is 0 Å². The van der Waals surface area contributed by atoms with E-state index in [0.29, 0.717) is 11.6 Å². The summed E-state index contributed by atoms with van der Waals surface area (Å²) in [6, 6.07) is 10.5. The number of carbonyl (C=O) groups is 1. The van der Waals surface area contributed by atoms with Crippen LogP contribution in [0.1, 0.15) is 11.1 Å². The summed E-state index contributed by atoms with van der Waals surface area (Å²) in [5.41, 5.74) is -0.968. The number of esters is 1. The largest absolute Gasteiger partial charge is 0.458 e. The highest BCUT2D eigenvalue weighted by molar-refractivity contribution is 6.48. The molecule has 0 N–H and O–H groups in total. The van der Waals surface area contributed by atoms with E-state index in [9.17, 15) is 18.0 Å². The van der Waals surface area contributed by atoms with Crippen molar-refractivity contribution in [3.8, 4) is 0 Å². The van der Waals surface area contributed by atoms with Gasteiger partial charge in [-0.2, -0.15) is 13.2 Å². The van der Waals surface area contributed by atoms with Crippen LogP contribution in [0.2, 0.25) is 15.1 Å². The SMILES string of the molecule is O=C(C=C(c1cc(Cl)c(Cl)c(Cl)c1)C(F)(F)F)OCc1ccccc1. The van der Waals surface area contributed by atoms with Gasteiger partial charge in [0.2, 0.25) is 0 Å². The van der Waals surface area contributed by atoms with Crippen molar-refractivity contribution in [1.82, 2.24) is 0 Å². The Morgan fingerprint density at radius 3 is 2.12 bits per heavy atom. The van der Waals surface area contributed by atoms with Crippen LogP contribution in [0.4, 0.5) is 13.2 Å². The number of benzene rings is 2. The molecule has 0 amide bonds. The van der Waals surface area contributed by atoms with Gasteiger partial charge in [0.15, 0.2) is 0 Å². The third-order valence-corrected chi connectivity index (χ3v) is 4.28. The molecule has 2 rings (SSSR count). The van der Waals surface area contributed by atoms with Crippen molar-refractivity contribution in [1.29, 1.82) is 0 Å². The van der Waals surface area contributed by atoms with E-state index in [1.807, 2.05) is 0 Å². The van der Waals surface area contributed by atoms with Gasteiger partial charge in [-0.15, -0.1) is 0 Å². The highest BCUT2D eigenvalue weighted by Crippen LogP contribution is 2.39. The van der Waals surface area contributed by atoms with Gasteiger partial charge in [-0.25, -0.2) is 4.79 Å². The fourth-order valence-electron chi connectivity index (χ4n) is 1.93. The van der Waals surface area contributed by atoms with Crippen LogP contribution >= 0.6 is 34.8 Å². The first-order valence-electron chi connectivity index (χ1n) is 6.83. The van der Waals surface area contributed by atoms with Gasteiger partial charge in [-0.1, -0.05) is 65.1 Å². The monoisotopic (exact) mass is 408 g/mol. The predicted molar refractivity (Wildman–Crippen MR) is 91.7 cm³/mol. The van der Waals surface area contributed by atoms with Crippen LogP contribution in [-0.2, 0) is 16.1 Å². The zero-order chi connectivity index (χ0) is 18.6. The number of hydrogen-bond donors (Lipinski definition) is 0. The van der Waals surface area contributed by atoms with E-state index in [2.05, 4.69) is 0 Å². The molecular formula is C17H10Cl3F3O2. The zero-order valence-electron chi connectivity index (χ0n) is 12.4. The molecule has 25 heavy (non-hydrogen) atoms. The summed E-state index contributed by atoms with van der Waals surface area (Å²) >= 11 is 17.3. The topological polar surface area (TPSA) is 26.3 Å². The molecule has 0 unspecified atom stereocenters. The molecule has 0 saturated carbocycles. The van der Waals surface area contributed by atoms with Gasteiger partial charge in [-0.05, 0) is 23.3 Å².